The fraction of sp³-hybridized carbons (Fsp3) is 0.571. The zero-order valence-electron chi connectivity index (χ0n) is 5.10. The molecule has 0 bridgehead atoms. The highest BCUT2D eigenvalue weighted by molar-refractivity contribution is 5.17. The lowest BCUT2D eigenvalue weighted by Gasteiger charge is -2.30. The van der Waals surface area contributed by atoms with E-state index < -0.39 is 0 Å². The Balaban J connectivity index is 2.71. The molecule has 0 N–H and O–H groups in total. The third-order valence-corrected chi connectivity index (χ3v) is 1.50. The summed E-state index contributed by atoms with van der Waals surface area (Å²) in [5, 5.41) is 8.39. The van der Waals surface area contributed by atoms with Gasteiger partial charge in [-0.25, -0.2) is 0 Å². The Bertz CT molecular complexity index is 160. The average Bonchev–Trinajstić information content (AvgIpc) is 1.66. The Morgan fingerprint density at radius 3 is 2.38 bits per heavy atom. The van der Waals surface area contributed by atoms with E-state index >= 15 is 0 Å². The van der Waals surface area contributed by atoms with Crippen LogP contribution in [0.15, 0.2) is 6.08 Å². The molecule has 0 aromatic heterocycles. The highest BCUT2D eigenvalue weighted by Crippen LogP contribution is 2.36. The van der Waals surface area contributed by atoms with Crippen LogP contribution in [-0.4, -0.2) is 0 Å². The maximum absolute atomic E-state index is 8.39. The zero-order valence-corrected chi connectivity index (χ0v) is 5.10. The van der Waals surface area contributed by atoms with Crippen molar-refractivity contribution in [1.29, 1.82) is 5.26 Å². The summed E-state index contributed by atoms with van der Waals surface area (Å²) in [6.45, 7) is 4.08. The lowest BCUT2D eigenvalue weighted by Crippen LogP contribution is -2.26. The summed E-state index contributed by atoms with van der Waals surface area (Å²) in [6.07, 6.45) is 4.84. The number of allylic oxidation sites excluding steroid dienone is 2. The Labute approximate surface area is 49.6 Å². The van der Waals surface area contributed by atoms with Gasteiger partial charge in [0, 0.05) is 5.41 Å². The molecule has 1 heteroatoms. The summed E-state index contributed by atoms with van der Waals surface area (Å²) < 4.78 is 0. The minimum atomic E-state index is 0.0301. The number of nitriles is 1. The molecule has 1 atom stereocenters. The van der Waals surface area contributed by atoms with Crippen LogP contribution in [0.3, 0.4) is 0 Å². The molecule has 1 aliphatic rings. The van der Waals surface area contributed by atoms with Gasteiger partial charge in [0.05, 0.1) is 12.0 Å². The smallest absolute Gasteiger partial charge is 0.0798 e. The minimum Gasteiger partial charge on any atom is -0.198 e. The van der Waals surface area contributed by atoms with E-state index in [2.05, 4.69) is 12.1 Å². The molecule has 8 heavy (non-hydrogen) atoms. The monoisotopic (exact) mass is 106 g/mol. The predicted molar refractivity (Wildman–Crippen MR) is 30.7 cm³/mol. The molecule has 0 fully saturated rings. The maximum atomic E-state index is 8.39. The van der Waals surface area contributed by atoms with E-state index in [1.54, 1.807) is 0 Å². The van der Waals surface area contributed by atoms with Gasteiger partial charge < -0.3 is 0 Å². The van der Waals surface area contributed by atoms with Crippen molar-refractivity contribution in [2.45, 2.75) is 13.8 Å². The highest BCUT2D eigenvalue weighted by Gasteiger charge is 2.32. The summed E-state index contributed by atoms with van der Waals surface area (Å²) in [6, 6.07) is 2.15. The lowest BCUT2D eigenvalue weighted by molar-refractivity contribution is 0.348. The normalized spacial score (nSPS) is 30.9. The maximum Gasteiger partial charge on any atom is 0.0798 e. The molecule has 0 amide bonds. The van der Waals surface area contributed by atoms with Crippen LogP contribution in [0.2, 0.25) is 0 Å². The van der Waals surface area contributed by atoms with Crippen molar-refractivity contribution in [2.75, 3.05) is 0 Å². The first-order valence-corrected chi connectivity index (χ1v) is 2.67. The first kappa shape index (κ1) is 5.37. The van der Waals surface area contributed by atoms with E-state index in [9.17, 15) is 0 Å². The summed E-state index contributed by atoms with van der Waals surface area (Å²) in [4.78, 5) is 0. The Kier molecular flexibility index (Phi) is 0.907. The predicted octanol–water partition coefficient (Wildman–Crippen LogP) is 1.53. The molecule has 0 aliphatic heterocycles. The molecule has 0 spiro atoms. The van der Waals surface area contributed by atoms with E-state index in [-0.39, 0.29) is 11.3 Å². The fourth-order valence-corrected chi connectivity index (χ4v) is 0.704. The van der Waals surface area contributed by atoms with E-state index in [4.69, 9.17) is 5.26 Å². The van der Waals surface area contributed by atoms with Crippen LogP contribution in [0, 0.1) is 28.7 Å². The molecule has 0 heterocycles. The summed E-state index contributed by atoms with van der Waals surface area (Å²) in [7, 11) is 0. The first-order chi connectivity index (χ1) is 3.67. The number of rotatable bonds is 0. The zero-order chi connectivity index (χ0) is 6.20. The van der Waals surface area contributed by atoms with Crippen LogP contribution in [0.25, 0.3) is 0 Å². The largest absolute Gasteiger partial charge is 0.198 e. The molecule has 41 valence electrons. The van der Waals surface area contributed by atoms with E-state index in [0.717, 1.165) is 0 Å². The standard InChI is InChI=1S/C7H8N/c1-7(2)4-3-6(7)5-8/h4,6H,1-2H3. The highest BCUT2D eigenvalue weighted by atomic mass is 14.4. The molecular formula is C7H8N. The van der Waals surface area contributed by atoms with Gasteiger partial charge in [0.25, 0.3) is 0 Å². The van der Waals surface area contributed by atoms with Gasteiger partial charge in [-0.2, -0.15) is 5.26 Å². The molecule has 0 saturated heterocycles. The van der Waals surface area contributed by atoms with Crippen molar-refractivity contribution in [2.24, 2.45) is 11.3 Å². The van der Waals surface area contributed by atoms with Crippen molar-refractivity contribution >= 4 is 0 Å². The molecule has 1 aliphatic carbocycles. The lowest BCUT2D eigenvalue weighted by atomic mass is 9.71. The van der Waals surface area contributed by atoms with Crippen LogP contribution in [0.1, 0.15) is 13.8 Å². The minimum absolute atomic E-state index is 0.0301. The van der Waals surface area contributed by atoms with Crippen molar-refractivity contribution in [3.8, 4) is 6.07 Å². The van der Waals surface area contributed by atoms with E-state index in [1.165, 1.54) is 0 Å². The van der Waals surface area contributed by atoms with Gasteiger partial charge in [0.2, 0.25) is 0 Å². The Morgan fingerprint density at radius 1 is 1.75 bits per heavy atom. The fourth-order valence-electron chi connectivity index (χ4n) is 0.704. The number of hydrogen-bond donors (Lipinski definition) is 0. The molecule has 0 aromatic carbocycles. The summed E-state index contributed by atoms with van der Waals surface area (Å²) >= 11 is 0. The molecule has 1 radical (unpaired) electrons. The van der Waals surface area contributed by atoms with Gasteiger partial charge in [-0.1, -0.05) is 19.9 Å². The van der Waals surface area contributed by atoms with Gasteiger partial charge in [-0.3, -0.25) is 0 Å². The summed E-state index contributed by atoms with van der Waals surface area (Å²) in [5.41, 5.74) is 0.0920. The van der Waals surface area contributed by atoms with Crippen molar-refractivity contribution in [3.63, 3.8) is 0 Å². The average molecular weight is 106 g/mol. The van der Waals surface area contributed by atoms with Gasteiger partial charge >= 0.3 is 0 Å². The Morgan fingerprint density at radius 2 is 2.38 bits per heavy atom. The van der Waals surface area contributed by atoms with Crippen LogP contribution in [0.4, 0.5) is 0 Å². The summed E-state index contributed by atoms with van der Waals surface area (Å²) in [5.74, 6) is 0.0301. The van der Waals surface area contributed by atoms with Crippen molar-refractivity contribution in [3.05, 3.63) is 12.2 Å². The topological polar surface area (TPSA) is 23.8 Å². The van der Waals surface area contributed by atoms with Gasteiger partial charge in [-0.05, 0) is 6.08 Å². The van der Waals surface area contributed by atoms with Crippen molar-refractivity contribution in [1.82, 2.24) is 0 Å². The van der Waals surface area contributed by atoms with E-state index in [1.807, 2.05) is 19.9 Å². The molecule has 0 saturated carbocycles. The van der Waals surface area contributed by atoms with Crippen LogP contribution in [-0.2, 0) is 0 Å². The van der Waals surface area contributed by atoms with Crippen LogP contribution < -0.4 is 0 Å². The molecule has 1 nitrogen and oxygen atoms in total. The number of hydrogen-bond acceptors (Lipinski definition) is 1. The molecule has 1 unspecified atom stereocenters. The van der Waals surface area contributed by atoms with Crippen LogP contribution >= 0.6 is 0 Å². The van der Waals surface area contributed by atoms with E-state index in [0.29, 0.717) is 0 Å². The van der Waals surface area contributed by atoms with Crippen molar-refractivity contribution < 1.29 is 0 Å². The molecule has 1 rings (SSSR count). The Hall–Kier alpha value is -0.770. The second-order valence-electron chi connectivity index (χ2n) is 2.69. The van der Waals surface area contributed by atoms with Gasteiger partial charge in [0.15, 0.2) is 0 Å². The van der Waals surface area contributed by atoms with Crippen LogP contribution in [0.5, 0.6) is 0 Å². The quantitative estimate of drug-likeness (QED) is 0.459. The second kappa shape index (κ2) is 1.35. The SMILES string of the molecule is CC1(C)C=[C]C1C#N. The van der Waals surface area contributed by atoms with Gasteiger partial charge in [0.1, 0.15) is 0 Å². The third-order valence-electron chi connectivity index (χ3n) is 1.50. The number of nitrogens with zero attached hydrogens (tertiary/aromatic N) is 1. The van der Waals surface area contributed by atoms with Gasteiger partial charge in [-0.15, -0.1) is 0 Å². The third kappa shape index (κ3) is 0.535. The molecular weight excluding hydrogens is 98.1 g/mol. The first-order valence-electron chi connectivity index (χ1n) is 2.67. The second-order valence-corrected chi connectivity index (χ2v) is 2.69. The molecule has 0 aromatic rings.